The number of imidazole rings is 1. The second-order valence-electron chi connectivity index (χ2n) is 11.2. The number of amides is 3. The van der Waals surface area contributed by atoms with Crippen LogP contribution in [-0.4, -0.2) is 84.1 Å². The number of nitrogens with one attached hydrogen (secondary N) is 6. The molecule has 5 unspecified atom stereocenters. The monoisotopic (exact) mass is 628 g/mol. The van der Waals surface area contributed by atoms with Crippen LogP contribution < -0.4 is 21.7 Å². The van der Waals surface area contributed by atoms with E-state index in [4.69, 9.17) is 5.73 Å². The van der Waals surface area contributed by atoms with Crippen LogP contribution in [0.15, 0.2) is 73.4 Å². The molecule has 0 aliphatic heterocycles. The lowest BCUT2D eigenvalue weighted by Gasteiger charge is -2.26. The van der Waals surface area contributed by atoms with Gasteiger partial charge < -0.3 is 46.8 Å². The van der Waals surface area contributed by atoms with Gasteiger partial charge in [0.05, 0.1) is 18.5 Å². The third-order valence-corrected chi connectivity index (χ3v) is 7.84. The molecule has 10 N–H and O–H groups in total. The van der Waals surface area contributed by atoms with Crippen LogP contribution in [0, 0.1) is 0 Å². The number of para-hydroxylation sites is 2. The van der Waals surface area contributed by atoms with Gasteiger partial charge in [-0.1, -0.05) is 36.4 Å². The highest BCUT2D eigenvalue weighted by atomic mass is 16.4. The van der Waals surface area contributed by atoms with Crippen molar-refractivity contribution in [1.29, 1.82) is 0 Å². The minimum absolute atomic E-state index is 0.0153. The Morgan fingerprint density at radius 3 is 1.93 bits per heavy atom. The highest BCUT2D eigenvalue weighted by molar-refractivity contribution is 5.95. The number of benzene rings is 2. The van der Waals surface area contributed by atoms with Crippen molar-refractivity contribution in [2.75, 3.05) is 0 Å². The maximum absolute atomic E-state index is 13.6. The number of aromatic nitrogens is 4. The lowest BCUT2D eigenvalue weighted by atomic mass is 10.0. The fourth-order valence-corrected chi connectivity index (χ4v) is 5.38. The van der Waals surface area contributed by atoms with E-state index in [2.05, 4.69) is 35.9 Å². The van der Waals surface area contributed by atoms with Crippen molar-refractivity contribution >= 4 is 45.5 Å². The van der Waals surface area contributed by atoms with Crippen LogP contribution in [0.3, 0.4) is 0 Å². The fourth-order valence-electron chi connectivity index (χ4n) is 5.38. The Balaban J connectivity index is 1.32. The summed E-state index contributed by atoms with van der Waals surface area (Å²) in [6, 6.07) is 9.84. The third-order valence-electron chi connectivity index (χ3n) is 7.84. The molecule has 0 aliphatic rings. The first-order chi connectivity index (χ1) is 22.1. The maximum Gasteiger partial charge on any atom is 0.326 e. The average molecular weight is 629 g/mol. The Hall–Kier alpha value is -5.47. The molecule has 46 heavy (non-hydrogen) atoms. The Labute approximate surface area is 263 Å². The van der Waals surface area contributed by atoms with Crippen LogP contribution in [0.1, 0.15) is 23.7 Å². The summed E-state index contributed by atoms with van der Waals surface area (Å²) in [6.07, 6.45) is 5.04. The summed E-state index contributed by atoms with van der Waals surface area (Å²) in [5, 5.41) is 29.7. The molecule has 0 spiro atoms. The summed E-state index contributed by atoms with van der Waals surface area (Å²) in [4.78, 5) is 65.3. The summed E-state index contributed by atoms with van der Waals surface area (Å²) in [6.45, 7) is 1.33. The van der Waals surface area contributed by atoms with E-state index in [-0.39, 0.29) is 19.3 Å². The molecule has 0 radical (unpaired) electrons. The van der Waals surface area contributed by atoms with E-state index in [1.807, 2.05) is 48.5 Å². The number of hydrogen-bond acceptors (Lipinski definition) is 7. The molecule has 0 saturated carbocycles. The van der Waals surface area contributed by atoms with Crippen molar-refractivity contribution in [2.45, 2.75) is 56.5 Å². The van der Waals surface area contributed by atoms with Crippen LogP contribution in [0.4, 0.5) is 0 Å². The summed E-state index contributed by atoms with van der Waals surface area (Å²) in [7, 11) is 0. The standard InChI is InChI=1S/C32H36N8O6/c1-17(41)28(40-29(42)23(33)10-18-13-35-24-8-4-2-6-21(18)24)31(44)38-26(11-19-14-36-25-9-5-3-7-22(19)25)30(43)39-27(32(45)46)12-20-15-34-16-37-20/h2-9,13-17,23,26-28,35-36,41H,10-12,33H2,1H3,(H,34,37)(H,38,44)(H,39,43)(H,40,42)(H,45,46). The zero-order valence-corrected chi connectivity index (χ0v) is 25.0. The number of nitrogens with zero attached hydrogens (tertiary/aromatic N) is 1. The Bertz CT molecular complexity index is 1830. The highest BCUT2D eigenvalue weighted by Gasteiger charge is 2.33. The van der Waals surface area contributed by atoms with Gasteiger partial charge in [0.25, 0.3) is 0 Å². The number of aromatic amines is 3. The minimum Gasteiger partial charge on any atom is -0.480 e. The molecular formula is C32H36N8O6. The number of fused-ring (bicyclic) bond motifs is 2. The van der Waals surface area contributed by atoms with E-state index < -0.39 is 54.0 Å². The number of aliphatic hydroxyl groups excluding tert-OH is 1. The normalized spacial score (nSPS) is 14.7. The maximum atomic E-state index is 13.6. The van der Waals surface area contributed by atoms with E-state index >= 15 is 0 Å². The first-order valence-corrected chi connectivity index (χ1v) is 14.8. The van der Waals surface area contributed by atoms with Gasteiger partial charge in [-0.15, -0.1) is 0 Å². The largest absolute Gasteiger partial charge is 0.480 e. The number of carboxylic acid groups (broad SMARTS) is 1. The second kappa shape index (κ2) is 14.1. The lowest BCUT2D eigenvalue weighted by molar-refractivity contribution is -0.142. The SMILES string of the molecule is CC(O)C(NC(=O)C(N)Cc1c[nH]c2ccccc12)C(=O)NC(Cc1c[nH]c2ccccc12)C(=O)NC(Cc1cnc[nH]1)C(=O)O. The van der Waals surface area contributed by atoms with Gasteiger partial charge in [-0.3, -0.25) is 14.4 Å². The highest BCUT2D eigenvalue weighted by Crippen LogP contribution is 2.20. The molecule has 5 rings (SSSR count). The van der Waals surface area contributed by atoms with Gasteiger partial charge in [0, 0.05) is 58.9 Å². The molecule has 3 aromatic heterocycles. The van der Waals surface area contributed by atoms with E-state index in [1.54, 1.807) is 12.4 Å². The molecule has 240 valence electrons. The minimum atomic E-state index is -1.46. The van der Waals surface area contributed by atoms with Crippen molar-refractivity contribution < 1.29 is 29.4 Å². The van der Waals surface area contributed by atoms with Crippen LogP contribution in [0.2, 0.25) is 0 Å². The van der Waals surface area contributed by atoms with Crippen molar-refractivity contribution in [3.63, 3.8) is 0 Å². The molecular weight excluding hydrogens is 592 g/mol. The molecule has 0 saturated heterocycles. The van der Waals surface area contributed by atoms with Gasteiger partial charge in [0.2, 0.25) is 17.7 Å². The van der Waals surface area contributed by atoms with Gasteiger partial charge in [0.1, 0.15) is 18.1 Å². The molecule has 0 fully saturated rings. The second-order valence-corrected chi connectivity index (χ2v) is 11.2. The molecule has 14 heteroatoms. The van der Waals surface area contributed by atoms with Crippen molar-refractivity contribution in [2.24, 2.45) is 5.73 Å². The fraction of sp³-hybridized carbons (Fsp3) is 0.281. The summed E-state index contributed by atoms with van der Waals surface area (Å²) >= 11 is 0. The van der Waals surface area contributed by atoms with E-state index in [0.717, 1.165) is 27.4 Å². The Morgan fingerprint density at radius 2 is 1.37 bits per heavy atom. The van der Waals surface area contributed by atoms with Crippen molar-refractivity contribution in [3.05, 3.63) is 90.3 Å². The van der Waals surface area contributed by atoms with Crippen LogP contribution in [0.25, 0.3) is 21.8 Å². The number of hydrogen-bond donors (Lipinski definition) is 9. The molecule has 5 aromatic rings. The van der Waals surface area contributed by atoms with Gasteiger partial charge in [-0.25, -0.2) is 9.78 Å². The van der Waals surface area contributed by atoms with Gasteiger partial charge in [-0.2, -0.15) is 0 Å². The molecule has 3 amide bonds. The van der Waals surface area contributed by atoms with Crippen LogP contribution in [-0.2, 0) is 38.4 Å². The number of aliphatic carboxylic acids is 1. The Kier molecular flexibility index (Phi) is 9.79. The predicted molar refractivity (Wildman–Crippen MR) is 169 cm³/mol. The average Bonchev–Trinajstić information content (AvgIpc) is 3.80. The zero-order valence-electron chi connectivity index (χ0n) is 25.0. The molecule has 0 bridgehead atoms. The van der Waals surface area contributed by atoms with Crippen LogP contribution >= 0.6 is 0 Å². The summed E-state index contributed by atoms with van der Waals surface area (Å²) < 4.78 is 0. The van der Waals surface area contributed by atoms with Crippen LogP contribution in [0.5, 0.6) is 0 Å². The van der Waals surface area contributed by atoms with Crippen molar-refractivity contribution in [1.82, 2.24) is 35.9 Å². The summed E-state index contributed by atoms with van der Waals surface area (Å²) in [5.41, 5.74) is 9.90. The molecule has 0 aliphatic carbocycles. The quantitative estimate of drug-likeness (QED) is 0.0845. The number of carbonyl (C=O) groups excluding carboxylic acids is 3. The first kappa shape index (κ1) is 31.9. The van der Waals surface area contributed by atoms with Gasteiger partial charge in [-0.05, 0) is 36.6 Å². The third kappa shape index (κ3) is 7.42. The van der Waals surface area contributed by atoms with Gasteiger partial charge in [0.15, 0.2) is 0 Å². The molecule has 5 atom stereocenters. The zero-order chi connectivity index (χ0) is 32.8. The van der Waals surface area contributed by atoms with Crippen molar-refractivity contribution in [3.8, 4) is 0 Å². The Morgan fingerprint density at radius 1 is 0.783 bits per heavy atom. The first-order valence-electron chi connectivity index (χ1n) is 14.8. The number of carboxylic acids is 1. The van der Waals surface area contributed by atoms with Gasteiger partial charge >= 0.3 is 5.97 Å². The number of H-pyrrole nitrogens is 3. The molecule has 3 heterocycles. The number of aliphatic hydroxyl groups is 1. The number of carbonyl (C=O) groups is 4. The lowest BCUT2D eigenvalue weighted by Crippen LogP contribution is -2.60. The predicted octanol–water partition coefficient (Wildman–Crippen LogP) is 0.647. The number of rotatable bonds is 14. The smallest absolute Gasteiger partial charge is 0.326 e. The molecule has 2 aromatic carbocycles. The van der Waals surface area contributed by atoms with E-state index in [0.29, 0.717) is 11.3 Å². The van der Waals surface area contributed by atoms with E-state index in [1.165, 1.54) is 19.4 Å². The number of nitrogens with two attached hydrogens (primary N) is 1. The molecule has 14 nitrogen and oxygen atoms in total. The topological polar surface area (TPSA) is 231 Å². The van der Waals surface area contributed by atoms with E-state index in [9.17, 15) is 29.4 Å². The summed E-state index contributed by atoms with van der Waals surface area (Å²) in [5.74, 6) is -3.56.